The molecule has 5 heteroatoms. The molecule has 1 aromatic heterocycles. The van der Waals surface area contributed by atoms with E-state index >= 15 is 0 Å². The lowest BCUT2D eigenvalue weighted by atomic mass is 10.2. The maximum atomic E-state index is 13.1. The average molecular weight is 237 g/mol. The van der Waals surface area contributed by atoms with Crippen LogP contribution < -0.4 is 10.6 Å². The number of halogens is 1. The molecule has 1 saturated carbocycles. The fourth-order valence-corrected chi connectivity index (χ4v) is 1.49. The molecule has 2 rings (SSSR count). The summed E-state index contributed by atoms with van der Waals surface area (Å²) < 4.78 is 13.1. The number of nitrogens with one attached hydrogen (secondary N) is 2. The monoisotopic (exact) mass is 237 g/mol. The van der Waals surface area contributed by atoms with Crippen LogP contribution in [0.1, 0.15) is 36.5 Å². The van der Waals surface area contributed by atoms with Crippen molar-refractivity contribution in [3.8, 4) is 0 Å². The Hall–Kier alpha value is -1.65. The molecule has 0 aliphatic heterocycles. The Labute approximate surface area is 99.6 Å². The summed E-state index contributed by atoms with van der Waals surface area (Å²) >= 11 is 0. The van der Waals surface area contributed by atoms with E-state index in [1.165, 1.54) is 6.07 Å². The highest BCUT2D eigenvalue weighted by Gasteiger charge is 2.25. The molecule has 4 nitrogen and oxygen atoms in total. The Balaban J connectivity index is 2.15. The average Bonchev–Trinajstić information content (AvgIpc) is 3.11. The van der Waals surface area contributed by atoms with Gasteiger partial charge in [0.25, 0.3) is 5.91 Å². The van der Waals surface area contributed by atoms with Crippen molar-refractivity contribution >= 4 is 11.7 Å². The van der Waals surface area contributed by atoms with Crippen molar-refractivity contribution in [2.45, 2.75) is 32.2 Å². The third-order valence-electron chi connectivity index (χ3n) is 2.55. The van der Waals surface area contributed by atoms with E-state index in [-0.39, 0.29) is 17.5 Å². The number of carbonyl (C=O) groups is 1. The summed E-state index contributed by atoms with van der Waals surface area (Å²) in [5.74, 6) is -0.294. The van der Waals surface area contributed by atoms with Crippen molar-refractivity contribution in [2.75, 3.05) is 11.9 Å². The maximum absolute atomic E-state index is 13.1. The third kappa shape index (κ3) is 3.15. The Morgan fingerprint density at radius 1 is 1.59 bits per heavy atom. The van der Waals surface area contributed by atoms with Crippen LogP contribution >= 0.6 is 0 Å². The first-order chi connectivity index (χ1) is 8.20. The number of amides is 1. The summed E-state index contributed by atoms with van der Waals surface area (Å²) in [7, 11) is 0. The molecule has 1 amide bonds. The van der Waals surface area contributed by atoms with Crippen LogP contribution in [0.5, 0.6) is 0 Å². The van der Waals surface area contributed by atoms with Gasteiger partial charge in [-0.05, 0) is 25.3 Å². The van der Waals surface area contributed by atoms with E-state index in [9.17, 15) is 9.18 Å². The molecule has 1 heterocycles. The number of nitrogens with zero attached hydrogens (tertiary/aromatic N) is 1. The van der Waals surface area contributed by atoms with Crippen LogP contribution in [0.4, 0.5) is 10.2 Å². The molecule has 17 heavy (non-hydrogen) atoms. The standard InChI is InChI=1S/C12H16FN3O/c1-2-5-14-11-10(6-8(13)7-15-11)12(17)16-9-3-4-9/h6-7,9H,2-5H2,1H3,(H,14,15)(H,16,17). The Morgan fingerprint density at radius 2 is 2.35 bits per heavy atom. The first kappa shape index (κ1) is 11.8. The van der Waals surface area contributed by atoms with Crippen molar-refractivity contribution in [1.82, 2.24) is 10.3 Å². The van der Waals surface area contributed by atoms with Gasteiger partial charge < -0.3 is 10.6 Å². The first-order valence-corrected chi connectivity index (χ1v) is 5.91. The van der Waals surface area contributed by atoms with Crippen LogP contribution in [0, 0.1) is 5.82 Å². The minimum atomic E-state index is -0.493. The van der Waals surface area contributed by atoms with Crippen molar-refractivity contribution in [2.24, 2.45) is 0 Å². The van der Waals surface area contributed by atoms with Gasteiger partial charge in [0.15, 0.2) is 0 Å². The van der Waals surface area contributed by atoms with Crippen LogP contribution in [0.15, 0.2) is 12.3 Å². The van der Waals surface area contributed by atoms with Crippen molar-refractivity contribution in [1.29, 1.82) is 0 Å². The van der Waals surface area contributed by atoms with E-state index in [2.05, 4.69) is 15.6 Å². The zero-order valence-corrected chi connectivity index (χ0v) is 9.79. The van der Waals surface area contributed by atoms with Crippen LogP contribution in [-0.4, -0.2) is 23.5 Å². The van der Waals surface area contributed by atoms with Crippen LogP contribution in [-0.2, 0) is 0 Å². The normalized spacial score (nSPS) is 14.5. The summed E-state index contributed by atoms with van der Waals surface area (Å²) in [6.07, 6.45) is 4.05. The molecule has 0 spiro atoms. The molecule has 0 bridgehead atoms. The highest BCUT2D eigenvalue weighted by molar-refractivity contribution is 5.99. The summed E-state index contributed by atoms with van der Waals surface area (Å²) in [6.45, 7) is 2.73. The van der Waals surface area contributed by atoms with Gasteiger partial charge in [0.1, 0.15) is 11.6 Å². The highest BCUT2D eigenvalue weighted by atomic mass is 19.1. The minimum absolute atomic E-state index is 0.252. The fourth-order valence-electron chi connectivity index (χ4n) is 1.49. The molecule has 0 radical (unpaired) electrons. The number of rotatable bonds is 5. The quantitative estimate of drug-likeness (QED) is 0.822. The van der Waals surface area contributed by atoms with Crippen LogP contribution in [0.3, 0.4) is 0 Å². The van der Waals surface area contributed by atoms with Gasteiger partial charge in [0, 0.05) is 12.6 Å². The van der Waals surface area contributed by atoms with Gasteiger partial charge in [-0.3, -0.25) is 4.79 Å². The minimum Gasteiger partial charge on any atom is -0.369 e. The van der Waals surface area contributed by atoms with Crippen LogP contribution in [0.2, 0.25) is 0 Å². The van der Waals surface area contributed by atoms with E-state index in [1.807, 2.05) is 6.92 Å². The van der Waals surface area contributed by atoms with Gasteiger partial charge in [0.05, 0.1) is 11.8 Å². The zero-order valence-electron chi connectivity index (χ0n) is 9.79. The number of hydrogen-bond acceptors (Lipinski definition) is 3. The molecule has 2 N–H and O–H groups in total. The summed E-state index contributed by atoms with van der Waals surface area (Å²) in [5, 5.41) is 5.85. The third-order valence-corrected chi connectivity index (χ3v) is 2.55. The lowest BCUT2D eigenvalue weighted by Gasteiger charge is -2.10. The van der Waals surface area contributed by atoms with Crippen LogP contribution in [0.25, 0.3) is 0 Å². The largest absolute Gasteiger partial charge is 0.369 e. The van der Waals surface area contributed by atoms with E-state index < -0.39 is 5.82 Å². The molecule has 1 aromatic rings. The van der Waals surface area contributed by atoms with Gasteiger partial charge in [-0.15, -0.1) is 0 Å². The second-order valence-corrected chi connectivity index (χ2v) is 4.22. The molecule has 0 saturated heterocycles. The number of pyridine rings is 1. The van der Waals surface area contributed by atoms with Gasteiger partial charge in [0.2, 0.25) is 0 Å². The summed E-state index contributed by atoms with van der Waals surface area (Å²) in [5.41, 5.74) is 0.283. The highest BCUT2D eigenvalue weighted by Crippen LogP contribution is 2.21. The van der Waals surface area contributed by atoms with Gasteiger partial charge >= 0.3 is 0 Å². The zero-order chi connectivity index (χ0) is 12.3. The second kappa shape index (κ2) is 5.12. The summed E-state index contributed by atoms with van der Waals surface area (Å²) in [4.78, 5) is 15.8. The van der Waals surface area contributed by atoms with E-state index in [0.29, 0.717) is 12.4 Å². The summed E-state index contributed by atoms with van der Waals surface area (Å²) in [6, 6.07) is 1.48. The van der Waals surface area contributed by atoms with Crippen molar-refractivity contribution in [3.63, 3.8) is 0 Å². The Bertz CT molecular complexity index is 418. The Morgan fingerprint density at radius 3 is 3.00 bits per heavy atom. The molecule has 1 fully saturated rings. The topological polar surface area (TPSA) is 54.0 Å². The predicted octanol–water partition coefficient (Wildman–Crippen LogP) is 1.93. The van der Waals surface area contributed by atoms with Crippen molar-refractivity contribution in [3.05, 3.63) is 23.6 Å². The second-order valence-electron chi connectivity index (χ2n) is 4.22. The SMILES string of the molecule is CCCNc1ncc(F)cc1C(=O)NC1CC1. The molecular weight excluding hydrogens is 221 g/mol. The molecule has 1 aliphatic carbocycles. The lowest BCUT2D eigenvalue weighted by Crippen LogP contribution is -2.27. The molecule has 92 valence electrons. The smallest absolute Gasteiger partial charge is 0.255 e. The predicted molar refractivity (Wildman–Crippen MR) is 63.5 cm³/mol. The first-order valence-electron chi connectivity index (χ1n) is 5.91. The number of anilines is 1. The van der Waals surface area contributed by atoms with E-state index in [0.717, 1.165) is 25.5 Å². The van der Waals surface area contributed by atoms with Crippen molar-refractivity contribution < 1.29 is 9.18 Å². The Kier molecular flexibility index (Phi) is 3.56. The van der Waals surface area contributed by atoms with Gasteiger partial charge in [-0.1, -0.05) is 6.92 Å². The molecular formula is C12H16FN3O. The molecule has 0 unspecified atom stereocenters. The van der Waals surface area contributed by atoms with Gasteiger partial charge in [-0.25, -0.2) is 9.37 Å². The fraction of sp³-hybridized carbons (Fsp3) is 0.500. The molecule has 1 aliphatic rings. The molecule has 0 atom stereocenters. The number of carbonyl (C=O) groups excluding carboxylic acids is 1. The van der Waals surface area contributed by atoms with E-state index in [1.54, 1.807) is 0 Å². The molecule has 0 aromatic carbocycles. The van der Waals surface area contributed by atoms with Gasteiger partial charge in [-0.2, -0.15) is 0 Å². The number of hydrogen-bond donors (Lipinski definition) is 2. The lowest BCUT2D eigenvalue weighted by molar-refractivity contribution is 0.0951. The number of aromatic nitrogens is 1. The maximum Gasteiger partial charge on any atom is 0.255 e. The van der Waals surface area contributed by atoms with E-state index in [4.69, 9.17) is 0 Å².